The standard InChI is InChI=1S/C14H25NO4/c1-11(16)18-10-6-5-9-15(12-7-8-12)13(17)19-14(2,3)4/h12H,5-10H2,1-4H3. The van der Waals surface area contributed by atoms with E-state index < -0.39 is 5.60 Å². The third-order valence-corrected chi connectivity index (χ3v) is 2.71. The van der Waals surface area contributed by atoms with Crippen LogP contribution in [0.4, 0.5) is 4.79 Å². The van der Waals surface area contributed by atoms with Crippen LogP contribution in [0.25, 0.3) is 0 Å². The third-order valence-electron chi connectivity index (χ3n) is 2.71. The molecule has 0 aromatic rings. The van der Waals surface area contributed by atoms with Crippen LogP contribution in [-0.4, -0.2) is 41.8 Å². The van der Waals surface area contributed by atoms with Crippen molar-refractivity contribution in [2.45, 2.75) is 65.0 Å². The Labute approximate surface area is 115 Å². The van der Waals surface area contributed by atoms with Gasteiger partial charge in [0.2, 0.25) is 0 Å². The number of carbonyl (C=O) groups is 2. The molecule has 0 bridgehead atoms. The Balaban J connectivity index is 2.29. The first-order chi connectivity index (χ1) is 8.79. The Morgan fingerprint density at radius 2 is 1.84 bits per heavy atom. The van der Waals surface area contributed by atoms with Crippen molar-refractivity contribution in [1.82, 2.24) is 4.90 Å². The molecule has 0 atom stereocenters. The third kappa shape index (κ3) is 7.03. The molecule has 1 amide bonds. The van der Waals surface area contributed by atoms with Crippen LogP contribution >= 0.6 is 0 Å². The largest absolute Gasteiger partial charge is 0.466 e. The van der Waals surface area contributed by atoms with Gasteiger partial charge in [0.15, 0.2) is 0 Å². The van der Waals surface area contributed by atoms with Gasteiger partial charge in [0, 0.05) is 19.5 Å². The molecule has 1 saturated carbocycles. The number of esters is 1. The van der Waals surface area contributed by atoms with E-state index in [1.54, 1.807) is 4.90 Å². The molecule has 0 aromatic carbocycles. The summed E-state index contributed by atoms with van der Waals surface area (Å²) < 4.78 is 10.3. The van der Waals surface area contributed by atoms with Crippen molar-refractivity contribution in [2.24, 2.45) is 0 Å². The van der Waals surface area contributed by atoms with Gasteiger partial charge in [0.1, 0.15) is 5.60 Å². The van der Waals surface area contributed by atoms with Gasteiger partial charge in [-0.15, -0.1) is 0 Å². The van der Waals surface area contributed by atoms with Crippen molar-refractivity contribution in [3.05, 3.63) is 0 Å². The number of amides is 1. The van der Waals surface area contributed by atoms with Gasteiger partial charge in [-0.1, -0.05) is 0 Å². The number of ether oxygens (including phenoxy) is 2. The highest BCUT2D eigenvalue weighted by molar-refractivity contribution is 5.69. The number of carbonyl (C=O) groups excluding carboxylic acids is 2. The van der Waals surface area contributed by atoms with E-state index in [-0.39, 0.29) is 12.1 Å². The Morgan fingerprint density at radius 3 is 2.32 bits per heavy atom. The van der Waals surface area contributed by atoms with Crippen LogP contribution in [0.3, 0.4) is 0 Å². The van der Waals surface area contributed by atoms with Crippen molar-refractivity contribution < 1.29 is 19.1 Å². The van der Waals surface area contributed by atoms with Crippen LogP contribution in [-0.2, 0) is 14.3 Å². The summed E-state index contributed by atoms with van der Waals surface area (Å²) in [5, 5.41) is 0. The first-order valence-corrected chi connectivity index (χ1v) is 6.92. The monoisotopic (exact) mass is 271 g/mol. The minimum atomic E-state index is -0.456. The Hall–Kier alpha value is -1.26. The number of nitrogens with zero attached hydrogens (tertiary/aromatic N) is 1. The van der Waals surface area contributed by atoms with Gasteiger partial charge >= 0.3 is 12.1 Å². The molecule has 0 heterocycles. The number of hydrogen-bond donors (Lipinski definition) is 0. The minimum Gasteiger partial charge on any atom is -0.466 e. The van der Waals surface area contributed by atoms with E-state index in [1.807, 2.05) is 20.8 Å². The molecule has 1 rings (SSSR count). The lowest BCUT2D eigenvalue weighted by atomic mass is 10.2. The second kappa shape index (κ2) is 6.78. The Morgan fingerprint density at radius 1 is 1.21 bits per heavy atom. The fraction of sp³-hybridized carbons (Fsp3) is 0.857. The van der Waals surface area contributed by atoms with Crippen LogP contribution in [0.2, 0.25) is 0 Å². The Kier molecular flexibility index (Phi) is 5.63. The fourth-order valence-corrected chi connectivity index (χ4v) is 1.73. The summed E-state index contributed by atoms with van der Waals surface area (Å²) in [4.78, 5) is 24.5. The quantitative estimate of drug-likeness (QED) is 0.550. The van der Waals surface area contributed by atoms with E-state index in [4.69, 9.17) is 9.47 Å². The van der Waals surface area contributed by atoms with Crippen molar-refractivity contribution in [1.29, 1.82) is 0 Å². The molecule has 0 radical (unpaired) electrons. The van der Waals surface area contributed by atoms with Crippen LogP contribution in [0.1, 0.15) is 53.4 Å². The zero-order valence-corrected chi connectivity index (χ0v) is 12.4. The highest BCUT2D eigenvalue weighted by Crippen LogP contribution is 2.28. The zero-order valence-electron chi connectivity index (χ0n) is 12.4. The van der Waals surface area contributed by atoms with Crippen LogP contribution in [0.15, 0.2) is 0 Å². The molecule has 0 unspecified atom stereocenters. The normalized spacial score (nSPS) is 14.9. The average molecular weight is 271 g/mol. The van der Waals surface area contributed by atoms with Crippen molar-refractivity contribution in [3.8, 4) is 0 Å². The molecule has 0 spiro atoms. The summed E-state index contributed by atoms with van der Waals surface area (Å²) in [6.07, 6.45) is 3.48. The number of rotatable bonds is 6. The van der Waals surface area contributed by atoms with E-state index in [9.17, 15) is 9.59 Å². The average Bonchev–Trinajstić information content (AvgIpc) is 3.03. The van der Waals surface area contributed by atoms with Gasteiger partial charge < -0.3 is 14.4 Å². The topological polar surface area (TPSA) is 55.8 Å². The van der Waals surface area contributed by atoms with Crippen LogP contribution < -0.4 is 0 Å². The molecule has 1 fully saturated rings. The molecule has 110 valence electrons. The van der Waals surface area contributed by atoms with E-state index >= 15 is 0 Å². The second-order valence-electron chi connectivity index (χ2n) is 5.95. The van der Waals surface area contributed by atoms with Crippen LogP contribution in [0.5, 0.6) is 0 Å². The molecule has 0 saturated heterocycles. The lowest BCUT2D eigenvalue weighted by Gasteiger charge is -2.27. The van der Waals surface area contributed by atoms with Crippen molar-refractivity contribution in [3.63, 3.8) is 0 Å². The second-order valence-corrected chi connectivity index (χ2v) is 5.95. The maximum Gasteiger partial charge on any atom is 0.410 e. The molecule has 5 nitrogen and oxygen atoms in total. The SMILES string of the molecule is CC(=O)OCCCCN(C(=O)OC(C)(C)C)C1CC1. The predicted octanol–water partition coefficient (Wildman–Crippen LogP) is 2.73. The summed E-state index contributed by atoms with van der Waals surface area (Å²) in [5.74, 6) is -0.258. The zero-order chi connectivity index (χ0) is 14.5. The minimum absolute atomic E-state index is 0.234. The van der Waals surface area contributed by atoms with Gasteiger partial charge in [0.25, 0.3) is 0 Å². The molecule has 19 heavy (non-hydrogen) atoms. The van der Waals surface area contributed by atoms with Crippen molar-refractivity contribution >= 4 is 12.1 Å². The molecular formula is C14H25NO4. The van der Waals surface area contributed by atoms with Gasteiger partial charge in [0.05, 0.1) is 6.61 Å². The van der Waals surface area contributed by atoms with Gasteiger partial charge in [-0.2, -0.15) is 0 Å². The molecule has 0 aliphatic heterocycles. The van der Waals surface area contributed by atoms with Crippen molar-refractivity contribution in [2.75, 3.05) is 13.2 Å². The van der Waals surface area contributed by atoms with Gasteiger partial charge in [-0.05, 0) is 46.5 Å². The number of hydrogen-bond acceptors (Lipinski definition) is 4. The summed E-state index contributed by atoms with van der Waals surface area (Å²) in [5.41, 5.74) is -0.456. The maximum absolute atomic E-state index is 12.0. The molecule has 5 heteroatoms. The highest BCUT2D eigenvalue weighted by atomic mass is 16.6. The van der Waals surface area contributed by atoms with E-state index in [2.05, 4.69) is 0 Å². The lowest BCUT2D eigenvalue weighted by molar-refractivity contribution is -0.141. The molecule has 1 aliphatic rings. The van der Waals surface area contributed by atoms with Crippen LogP contribution in [0, 0.1) is 0 Å². The summed E-state index contributed by atoms with van der Waals surface area (Å²) in [6.45, 7) is 8.10. The molecular weight excluding hydrogens is 246 g/mol. The summed E-state index contributed by atoms with van der Waals surface area (Å²) in [6, 6.07) is 0.337. The smallest absolute Gasteiger partial charge is 0.410 e. The molecule has 0 aromatic heterocycles. The lowest BCUT2D eigenvalue weighted by Crippen LogP contribution is -2.38. The molecule has 1 aliphatic carbocycles. The first kappa shape index (κ1) is 15.8. The highest BCUT2D eigenvalue weighted by Gasteiger charge is 2.34. The van der Waals surface area contributed by atoms with Gasteiger partial charge in [-0.25, -0.2) is 4.79 Å². The Bertz CT molecular complexity index is 318. The van der Waals surface area contributed by atoms with Gasteiger partial charge in [-0.3, -0.25) is 4.79 Å². The number of unbranched alkanes of at least 4 members (excludes halogenated alkanes) is 1. The fourth-order valence-electron chi connectivity index (χ4n) is 1.73. The van der Waals surface area contributed by atoms with E-state index in [0.29, 0.717) is 19.2 Å². The van der Waals surface area contributed by atoms with E-state index in [1.165, 1.54) is 6.92 Å². The van der Waals surface area contributed by atoms with E-state index in [0.717, 1.165) is 25.7 Å². The summed E-state index contributed by atoms with van der Waals surface area (Å²) in [7, 11) is 0. The molecule has 0 N–H and O–H groups in total. The first-order valence-electron chi connectivity index (χ1n) is 6.92. The predicted molar refractivity (Wildman–Crippen MR) is 71.8 cm³/mol. The summed E-state index contributed by atoms with van der Waals surface area (Å²) >= 11 is 0. The maximum atomic E-state index is 12.0.